The molecule has 1 N–H and O–H groups in total. The number of carbonyl (C=O) groups is 1. The highest BCUT2D eigenvalue weighted by Gasteiger charge is 2.17. The molecule has 0 spiro atoms. The molecular weight excluding hydrogens is 348 g/mol. The highest BCUT2D eigenvalue weighted by atomic mass is 32.2. The van der Waals surface area contributed by atoms with Crippen molar-refractivity contribution < 1.29 is 13.2 Å². The average Bonchev–Trinajstić information content (AvgIpc) is 2.55. The van der Waals surface area contributed by atoms with Gasteiger partial charge in [-0.15, -0.1) is 0 Å². The molecule has 140 valence electrons. The van der Waals surface area contributed by atoms with E-state index >= 15 is 0 Å². The second-order valence-corrected chi connectivity index (χ2v) is 8.58. The molecule has 5 nitrogen and oxygen atoms in total. The first-order valence-corrected chi connectivity index (χ1v) is 10.4. The molecule has 0 unspecified atom stereocenters. The zero-order chi connectivity index (χ0) is 19.2. The predicted molar refractivity (Wildman–Crippen MR) is 104 cm³/mol. The minimum atomic E-state index is -3.35. The lowest BCUT2D eigenvalue weighted by molar-refractivity contribution is -0.120. The SMILES string of the molecule is Cc1ccc(CN(CCNC(=O)Cc2cccc(C)c2)S(C)(=O)=O)cc1. The summed E-state index contributed by atoms with van der Waals surface area (Å²) in [6.45, 7) is 4.79. The standard InChI is InChI=1S/C20H26N2O3S/c1-16-7-9-18(10-8-16)15-22(26(3,24)25)12-11-21-20(23)14-19-6-4-5-17(2)13-19/h4-10,13H,11-12,14-15H2,1-3H3,(H,21,23). The van der Waals surface area contributed by atoms with Crippen LogP contribution in [0.25, 0.3) is 0 Å². The summed E-state index contributed by atoms with van der Waals surface area (Å²) in [4.78, 5) is 12.1. The van der Waals surface area contributed by atoms with Crippen LogP contribution in [-0.4, -0.2) is 38.0 Å². The quantitative estimate of drug-likeness (QED) is 0.772. The molecule has 0 aliphatic carbocycles. The van der Waals surface area contributed by atoms with E-state index in [0.717, 1.165) is 22.3 Å². The van der Waals surface area contributed by atoms with E-state index in [0.29, 0.717) is 13.0 Å². The molecule has 0 atom stereocenters. The fourth-order valence-corrected chi connectivity index (χ4v) is 3.46. The van der Waals surface area contributed by atoms with Gasteiger partial charge in [0.25, 0.3) is 0 Å². The number of carbonyl (C=O) groups excluding carboxylic acids is 1. The van der Waals surface area contributed by atoms with Crippen molar-refractivity contribution in [1.82, 2.24) is 9.62 Å². The predicted octanol–water partition coefficient (Wildman–Crippen LogP) is 2.42. The second-order valence-electron chi connectivity index (χ2n) is 6.60. The first-order chi connectivity index (χ1) is 12.2. The van der Waals surface area contributed by atoms with Crippen molar-refractivity contribution in [2.75, 3.05) is 19.3 Å². The third-order valence-corrected chi connectivity index (χ3v) is 5.33. The van der Waals surface area contributed by atoms with Crippen molar-refractivity contribution in [1.29, 1.82) is 0 Å². The fraction of sp³-hybridized carbons (Fsp3) is 0.350. The van der Waals surface area contributed by atoms with Crippen LogP contribution < -0.4 is 5.32 Å². The van der Waals surface area contributed by atoms with Crippen molar-refractivity contribution in [2.45, 2.75) is 26.8 Å². The second kappa shape index (κ2) is 8.96. The van der Waals surface area contributed by atoms with Gasteiger partial charge in [0, 0.05) is 19.6 Å². The summed E-state index contributed by atoms with van der Waals surface area (Å²) in [6.07, 6.45) is 1.48. The number of benzene rings is 2. The van der Waals surface area contributed by atoms with Gasteiger partial charge in [0.15, 0.2) is 0 Å². The van der Waals surface area contributed by atoms with E-state index in [9.17, 15) is 13.2 Å². The number of nitrogens with zero attached hydrogens (tertiary/aromatic N) is 1. The van der Waals surface area contributed by atoms with Crippen LogP contribution in [0, 0.1) is 13.8 Å². The smallest absolute Gasteiger partial charge is 0.224 e. The van der Waals surface area contributed by atoms with Gasteiger partial charge in [-0.3, -0.25) is 4.79 Å². The van der Waals surface area contributed by atoms with Crippen LogP contribution in [0.4, 0.5) is 0 Å². The van der Waals surface area contributed by atoms with Gasteiger partial charge in [0.05, 0.1) is 12.7 Å². The summed E-state index contributed by atoms with van der Waals surface area (Å²) in [6, 6.07) is 15.5. The van der Waals surface area contributed by atoms with E-state index in [1.807, 2.05) is 62.4 Å². The number of hydrogen-bond donors (Lipinski definition) is 1. The van der Waals surface area contributed by atoms with Crippen LogP contribution in [0.15, 0.2) is 48.5 Å². The lowest BCUT2D eigenvalue weighted by Gasteiger charge is -2.20. The Hall–Kier alpha value is -2.18. The van der Waals surface area contributed by atoms with Crippen molar-refractivity contribution in [3.63, 3.8) is 0 Å². The molecule has 0 radical (unpaired) electrons. The number of amides is 1. The van der Waals surface area contributed by atoms with Crippen molar-refractivity contribution in [2.24, 2.45) is 0 Å². The largest absolute Gasteiger partial charge is 0.354 e. The van der Waals surface area contributed by atoms with Gasteiger partial charge in [-0.05, 0) is 25.0 Å². The van der Waals surface area contributed by atoms with Crippen LogP contribution in [0.2, 0.25) is 0 Å². The van der Waals surface area contributed by atoms with E-state index < -0.39 is 10.0 Å². The van der Waals surface area contributed by atoms with Gasteiger partial charge >= 0.3 is 0 Å². The Balaban J connectivity index is 1.89. The third-order valence-electron chi connectivity index (χ3n) is 4.08. The van der Waals surface area contributed by atoms with Crippen LogP contribution in [0.3, 0.4) is 0 Å². The van der Waals surface area contributed by atoms with Crippen LogP contribution in [0.5, 0.6) is 0 Å². The Labute approximate surface area is 156 Å². The molecule has 0 saturated carbocycles. The van der Waals surface area contributed by atoms with Gasteiger partial charge in [-0.25, -0.2) is 8.42 Å². The van der Waals surface area contributed by atoms with Crippen LogP contribution in [-0.2, 0) is 27.8 Å². The van der Waals surface area contributed by atoms with Gasteiger partial charge < -0.3 is 5.32 Å². The molecule has 2 aromatic carbocycles. The van der Waals surface area contributed by atoms with Crippen LogP contribution >= 0.6 is 0 Å². The Kier molecular flexibility index (Phi) is 6.94. The van der Waals surface area contributed by atoms with Gasteiger partial charge in [0.2, 0.25) is 15.9 Å². The Morgan fingerprint density at radius 3 is 2.31 bits per heavy atom. The number of hydrogen-bond acceptors (Lipinski definition) is 3. The zero-order valence-electron chi connectivity index (χ0n) is 15.5. The first kappa shape index (κ1) is 20.1. The molecule has 2 aromatic rings. The maximum Gasteiger partial charge on any atom is 0.224 e. The molecule has 0 saturated heterocycles. The molecule has 0 aliphatic heterocycles. The maximum atomic E-state index is 12.1. The highest BCUT2D eigenvalue weighted by molar-refractivity contribution is 7.88. The minimum absolute atomic E-state index is 0.112. The van der Waals surface area contributed by atoms with Crippen molar-refractivity contribution in [3.8, 4) is 0 Å². The number of aryl methyl sites for hydroxylation is 2. The summed E-state index contributed by atoms with van der Waals surface area (Å²) in [5.74, 6) is -0.112. The summed E-state index contributed by atoms with van der Waals surface area (Å²) < 4.78 is 25.4. The molecule has 0 aliphatic rings. The molecule has 0 aromatic heterocycles. The third kappa shape index (κ3) is 6.61. The van der Waals surface area contributed by atoms with E-state index in [1.165, 1.54) is 10.6 Å². The topological polar surface area (TPSA) is 66.5 Å². The van der Waals surface area contributed by atoms with E-state index in [-0.39, 0.29) is 19.0 Å². The van der Waals surface area contributed by atoms with Crippen molar-refractivity contribution in [3.05, 3.63) is 70.8 Å². The van der Waals surface area contributed by atoms with Gasteiger partial charge in [-0.1, -0.05) is 59.7 Å². The number of rotatable bonds is 8. The molecular formula is C20H26N2O3S. The number of sulfonamides is 1. The molecule has 0 heterocycles. The molecule has 6 heteroatoms. The molecule has 1 amide bonds. The van der Waals surface area contributed by atoms with E-state index in [4.69, 9.17) is 0 Å². The lowest BCUT2D eigenvalue weighted by atomic mass is 10.1. The van der Waals surface area contributed by atoms with E-state index in [2.05, 4.69) is 5.32 Å². The van der Waals surface area contributed by atoms with Crippen LogP contribution in [0.1, 0.15) is 22.3 Å². The molecule has 0 fully saturated rings. The molecule has 0 bridgehead atoms. The fourth-order valence-electron chi connectivity index (χ4n) is 2.65. The Bertz CT molecular complexity index is 846. The molecule has 2 rings (SSSR count). The zero-order valence-corrected chi connectivity index (χ0v) is 16.3. The maximum absolute atomic E-state index is 12.1. The Morgan fingerprint density at radius 1 is 1.00 bits per heavy atom. The molecule has 26 heavy (non-hydrogen) atoms. The van der Waals surface area contributed by atoms with Gasteiger partial charge in [0.1, 0.15) is 0 Å². The monoisotopic (exact) mass is 374 g/mol. The van der Waals surface area contributed by atoms with E-state index in [1.54, 1.807) is 0 Å². The summed E-state index contributed by atoms with van der Waals surface area (Å²) in [5.41, 5.74) is 4.11. The summed E-state index contributed by atoms with van der Waals surface area (Å²) >= 11 is 0. The normalized spacial score (nSPS) is 11.5. The lowest BCUT2D eigenvalue weighted by Crippen LogP contribution is -2.38. The highest BCUT2D eigenvalue weighted by Crippen LogP contribution is 2.09. The Morgan fingerprint density at radius 2 is 1.69 bits per heavy atom. The average molecular weight is 375 g/mol. The number of nitrogens with one attached hydrogen (secondary N) is 1. The van der Waals surface area contributed by atoms with Crippen molar-refractivity contribution >= 4 is 15.9 Å². The summed E-state index contributed by atoms with van der Waals surface area (Å²) in [5, 5.41) is 2.80. The first-order valence-electron chi connectivity index (χ1n) is 8.57. The summed E-state index contributed by atoms with van der Waals surface area (Å²) in [7, 11) is -3.35. The van der Waals surface area contributed by atoms with Gasteiger partial charge in [-0.2, -0.15) is 4.31 Å². The minimum Gasteiger partial charge on any atom is -0.354 e.